The maximum atomic E-state index is 12.6. The average Bonchev–Trinajstić information content (AvgIpc) is 2.95. The van der Waals surface area contributed by atoms with Gasteiger partial charge in [-0.2, -0.15) is 5.10 Å². The molecule has 1 unspecified atom stereocenters. The number of amides is 2. The van der Waals surface area contributed by atoms with E-state index in [1.165, 1.54) is 22.2 Å². The maximum Gasteiger partial charge on any atom is 0.262 e. The van der Waals surface area contributed by atoms with Crippen molar-refractivity contribution in [2.45, 2.75) is 19.9 Å². The molecule has 136 valence electrons. The molecular formula is C20H18N4O2S. The Hall–Kier alpha value is -2.93. The summed E-state index contributed by atoms with van der Waals surface area (Å²) >= 11 is 1.50. The maximum absolute atomic E-state index is 12.6. The Labute approximate surface area is 161 Å². The molecule has 1 N–H and O–H groups in total. The minimum absolute atomic E-state index is 0.269. The lowest BCUT2D eigenvalue weighted by molar-refractivity contribution is 0.0634. The van der Waals surface area contributed by atoms with Gasteiger partial charge in [-0.05, 0) is 38.1 Å². The highest BCUT2D eigenvalue weighted by Gasteiger charge is 2.40. The lowest BCUT2D eigenvalue weighted by Crippen LogP contribution is -2.45. The first kappa shape index (κ1) is 17.5. The molecular weight excluding hydrogens is 360 g/mol. The van der Waals surface area contributed by atoms with Crippen LogP contribution in [-0.4, -0.2) is 39.4 Å². The first-order valence-electron chi connectivity index (χ1n) is 8.62. The van der Waals surface area contributed by atoms with Crippen LogP contribution in [0.4, 0.5) is 5.69 Å². The Morgan fingerprint density at radius 1 is 1.07 bits per heavy atom. The second-order valence-corrected chi connectivity index (χ2v) is 7.42. The van der Waals surface area contributed by atoms with E-state index in [9.17, 15) is 9.59 Å². The van der Waals surface area contributed by atoms with Crippen LogP contribution in [0.1, 0.15) is 33.2 Å². The zero-order valence-electron chi connectivity index (χ0n) is 15.0. The van der Waals surface area contributed by atoms with Crippen LogP contribution >= 0.6 is 11.8 Å². The van der Waals surface area contributed by atoms with Gasteiger partial charge in [-0.15, -0.1) is 0 Å². The van der Waals surface area contributed by atoms with Crippen molar-refractivity contribution >= 4 is 40.1 Å². The Bertz CT molecular complexity index is 947. The second-order valence-electron chi connectivity index (χ2n) is 6.46. The topological polar surface area (TPSA) is 74.1 Å². The third kappa shape index (κ3) is 3.26. The molecule has 0 aromatic heterocycles. The van der Waals surface area contributed by atoms with Crippen molar-refractivity contribution in [2.75, 3.05) is 5.75 Å². The third-order valence-corrected chi connectivity index (χ3v) is 5.51. The smallest absolute Gasteiger partial charge is 0.262 e. The molecule has 2 amide bonds. The van der Waals surface area contributed by atoms with Crippen LogP contribution in [0, 0.1) is 6.92 Å². The van der Waals surface area contributed by atoms with Crippen molar-refractivity contribution in [3.05, 3.63) is 65.2 Å². The number of carbonyl (C=O) groups is 2. The van der Waals surface area contributed by atoms with Gasteiger partial charge in [0.1, 0.15) is 0 Å². The molecule has 0 aliphatic carbocycles. The fourth-order valence-corrected chi connectivity index (χ4v) is 3.91. The normalized spacial score (nSPS) is 19.0. The highest BCUT2D eigenvalue weighted by atomic mass is 32.2. The van der Waals surface area contributed by atoms with Gasteiger partial charge < -0.3 is 0 Å². The van der Waals surface area contributed by atoms with Crippen molar-refractivity contribution in [1.29, 1.82) is 0 Å². The summed E-state index contributed by atoms with van der Waals surface area (Å²) < 4.78 is 0. The van der Waals surface area contributed by atoms with Crippen LogP contribution in [0.5, 0.6) is 0 Å². The zero-order chi connectivity index (χ0) is 19.0. The average molecular weight is 378 g/mol. The van der Waals surface area contributed by atoms with Gasteiger partial charge in [-0.3, -0.25) is 19.9 Å². The number of imide groups is 1. The van der Waals surface area contributed by atoms with Crippen molar-refractivity contribution in [2.24, 2.45) is 10.1 Å². The fraction of sp³-hybridized carbons (Fsp3) is 0.200. The molecule has 0 bridgehead atoms. The van der Waals surface area contributed by atoms with E-state index in [1.54, 1.807) is 24.3 Å². The number of thioether (sulfide) groups is 1. The van der Waals surface area contributed by atoms with Gasteiger partial charge >= 0.3 is 0 Å². The molecule has 2 aromatic rings. The number of carbonyl (C=O) groups excluding carboxylic acids is 2. The molecule has 2 aliphatic rings. The lowest BCUT2D eigenvalue weighted by atomic mass is 10.1. The van der Waals surface area contributed by atoms with Gasteiger partial charge in [0.05, 0.1) is 28.6 Å². The van der Waals surface area contributed by atoms with Crippen molar-refractivity contribution < 1.29 is 9.59 Å². The molecule has 0 saturated heterocycles. The summed E-state index contributed by atoms with van der Waals surface area (Å²) in [5.74, 6) is 0.0246. The van der Waals surface area contributed by atoms with E-state index >= 15 is 0 Å². The summed E-state index contributed by atoms with van der Waals surface area (Å²) in [5.41, 5.74) is 6.61. The zero-order valence-corrected chi connectivity index (χ0v) is 15.8. The van der Waals surface area contributed by atoms with Crippen LogP contribution in [0.25, 0.3) is 0 Å². The summed E-state index contributed by atoms with van der Waals surface area (Å²) in [4.78, 5) is 31.1. The molecule has 4 rings (SSSR count). The Kier molecular flexibility index (Phi) is 4.53. The summed E-state index contributed by atoms with van der Waals surface area (Å²) in [5, 5.41) is 5.06. The predicted molar refractivity (Wildman–Crippen MR) is 108 cm³/mol. The van der Waals surface area contributed by atoms with Crippen molar-refractivity contribution in [1.82, 2.24) is 10.3 Å². The SMILES string of the molecule is Cc1ccc(N=C2NN=C(C(C)N3C(=O)c4ccccc4C3=O)CS2)cc1. The lowest BCUT2D eigenvalue weighted by Gasteiger charge is -2.26. The molecule has 0 fully saturated rings. The number of nitrogens with zero attached hydrogens (tertiary/aromatic N) is 3. The van der Waals surface area contributed by atoms with Gasteiger partial charge in [-0.1, -0.05) is 41.6 Å². The molecule has 0 spiro atoms. The summed E-state index contributed by atoms with van der Waals surface area (Å²) in [6.45, 7) is 3.85. The van der Waals surface area contributed by atoms with Gasteiger partial charge in [-0.25, -0.2) is 4.99 Å². The van der Waals surface area contributed by atoms with Gasteiger partial charge in [0, 0.05) is 5.75 Å². The summed E-state index contributed by atoms with van der Waals surface area (Å²) in [6, 6.07) is 14.4. The molecule has 0 saturated carbocycles. The van der Waals surface area contributed by atoms with Crippen LogP contribution in [0.3, 0.4) is 0 Å². The summed E-state index contributed by atoms with van der Waals surface area (Å²) in [7, 11) is 0. The minimum atomic E-state index is -0.418. The van der Waals surface area contributed by atoms with E-state index in [0.29, 0.717) is 22.0 Å². The second kappa shape index (κ2) is 7.00. The van der Waals surface area contributed by atoms with Crippen LogP contribution in [-0.2, 0) is 0 Å². The Morgan fingerprint density at radius 2 is 1.70 bits per heavy atom. The fourth-order valence-electron chi connectivity index (χ4n) is 3.04. The van der Waals surface area contributed by atoms with Gasteiger partial charge in [0.25, 0.3) is 11.8 Å². The van der Waals surface area contributed by atoms with Crippen LogP contribution in [0.15, 0.2) is 58.6 Å². The van der Waals surface area contributed by atoms with E-state index in [2.05, 4.69) is 15.5 Å². The molecule has 1 atom stereocenters. The quantitative estimate of drug-likeness (QED) is 0.831. The number of nitrogens with one attached hydrogen (secondary N) is 1. The third-order valence-electron chi connectivity index (χ3n) is 4.61. The largest absolute Gasteiger partial charge is 0.269 e. The number of hydrogen-bond donors (Lipinski definition) is 1. The van der Waals surface area contributed by atoms with E-state index in [-0.39, 0.29) is 11.8 Å². The van der Waals surface area contributed by atoms with E-state index in [4.69, 9.17) is 0 Å². The highest BCUT2D eigenvalue weighted by molar-refractivity contribution is 8.14. The van der Waals surface area contributed by atoms with Crippen molar-refractivity contribution in [3.63, 3.8) is 0 Å². The van der Waals surface area contributed by atoms with Crippen LogP contribution in [0.2, 0.25) is 0 Å². The van der Waals surface area contributed by atoms with E-state index < -0.39 is 6.04 Å². The van der Waals surface area contributed by atoms with Gasteiger partial charge in [0.15, 0.2) is 5.17 Å². The predicted octanol–water partition coefficient (Wildman–Crippen LogP) is 3.36. The number of hydrazone groups is 1. The molecule has 2 heterocycles. The first-order valence-corrected chi connectivity index (χ1v) is 9.60. The molecule has 2 aromatic carbocycles. The number of hydrogen-bond acceptors (Lipinski definition) is 5. The van der Waals surface area contributed by atoms with E-state index in [0.717, 1.165) is 11.4 Å². The number of amidine groups is 1. The number of aryl methyl sites for hydroxylation is 1. The first-order chi connectivity index (χ1) is 13.0. The molecule has 0 radical (unpaired) electrons. The molecule has 27 heavy (non-hydrogen) atoms. The minimum Gasteiger partial charge on any atom is -0.269 e. The molecule has 6 nitrogen and oxygen atoms in total. The molecule has 2 aliphatic heterocycles. The van der Waals surface area contributed by atoms with E-state index in [1.807, 2.05) is 38.1 Å². The van der Waals surface area contributed by atoms with Gasteiger partial charge in [0.2, 0.25) is 0 Å². The van der Waals surface area contributed by atoms with Crippen molar-refractivity contribution in [3.8, 4) is 0 Å². The monoisotopic (exact) mass is 378 g/mol. The Balaban J connectivity index is 1.50. The number of benzene rings is 2. The van der Waals surface area contributed by atoms with Crippen LogP contribution < -0.4 is 5.43 Å². The number of aliphatic imine (C=N–C) groups is 1. The Morgan fingerprint density at radius 3 is 2.26 bits per heavy atom. The highest BCUT2D eigenvalue weighted by Crippen LogP contribution is 2.26. The number of rotatable bonds is 3. The molecule has 7 heteroatoms. The summed E-state index contributed by atoms with van der Waals surface area (Å²) in [6.07, 6.45) is 0. The number of fused-ring (bicyclic) bond motifs is 1. The standard InChI is InChI=1S/C20H18N4O2S/c1-12-7-9-14(10-8-12)21-20-23-22-17(11-27-20)13(2)24-18(25)15-5-3-4-6-16(15)19(24)26/h3-10,13H,11H2,1-2H3,(H,21,23).